The van der Waals surface area contributed by atoms with Gasteiger partial charge in [0.05, 0.1) is 27.3 Å². The lowest BCUT2D eigenvalue weighted by molar-refractivity contribution is -0.643. The van der Waals surface area contributed by atoms with E-state index in [4.69, 9.17) is 0 Å². The maximum atomic E-state index is 2.60. The van der Waals surface area contributed by atoms with Crippen LogP contribution in [0.2, 0.25) is 0 Å². The molecular weight excluding hydrogens is 484 g/mol. The molecule has 4 aromatic carbocycles. The topological polar surface area (TPSA) is 8.29 Å². The lowest BCUT2D eigenvalue weighted by Crippen LogP contribution is -2.29. The highest BCUT2D eigenvalue weighted by Crippen LogP contribution is 2.46. The Balaban J connectivity index is 1.53. The number of aryl methyl sites for hydroxylation is 3. The third-order valence-corrected chi connectivity index (χ3v) is 10.2. The number of rotatable bonds is 2. The number of hydrogen-bond acceptors (Lipinski definition) is 0. The Kier molecular flexibility index (Phi) is 4.97. The van der Waals surface area contributed by atoms with E-state index in [1.807, 2.05) is 0 Å². The van der Waals surface area contributed by atoms with Crippen LogP contribution in [0.3, 0.4) is 0 Å². The van der Waals surface area contributed by atoms with Gasteiger partial charge in [0.15, 0.2) is 6.20 Å². The second-order valence-electron chi connectivity index (χ2n) is 13.2. The Labute approximate surface area is 236 Å². The van der Waals surface area contributed by atoms with E-state index in [1.165, 1.54) is 102 Å². The first-order valence-electron chi connectivity index (χ1n) is 14.9. The summed E-state index contributed by atoms with van der Waals surface area (Å²) in [4.78, 5) is 0. The van der Waals surface area contributed by atoms with Crippen molar-refractivity contribution in [3.8, 4) is 11.1 Å². The first-order valence-corrected chi connectivity index (χ1v) is 14.9. The zero-order valence-electron chi connectivity index (χ0n) is 24.3. The van der Waals surface area contributed by atoms with Gasteiger partial charge in [0, 0.05) is 16.8 Å². The summed E-state index contributed by atoms with van der Waals surface area (Å²) in [6, 6.07) is 27.7. The molecule has 2 nitrogen and oxygen atoms in total. The monoisotopic (exact) mass is 521 g/mol. The van der Waals surface area contributed by atoms with E-state index in [0.717, 1.165) is 0 Å². The van der Waals surface area contributed by atoms with Gasteiger partial charge >= 0.3 is 0 Å². The van der Waals surface area contributed by atoms with E-state index < -0.39 is 0 Å². The third-order valence-electron chi connectivity index (χ3n) is 10.2. The minimum Gasteiger partial charge on any atom is -0.307 e. The molecule has 2 heteroatoms. The van der Waals surface area contributed by atoms with Crippen LogP contribution in [-0.2, 0) is 7.05 Å². The molecule has 3 heterocycles. The second kappa shape index (κ2) is 8.30. The maximum Gasteiger partial charge on any atom is 0.224 e. The fraction of sp³-hybridized carbons (Fsp3) is 0.289. The van der Waals surface area contributed by atoms with Crippen molar-refractivity contribution >= 4 is 49.0 Å². The van der Waals surface area contributed by atoms with Crippen LogP contribution >= 0.6 is 0 Å². The van der Waals surface area contributed by atoms with Gasteiger partial charge in [-0.15, -0.1) is 0 Å². The van der Waals surface area contributed by atoms with Gasteiger partial charge in [-0.2, -0.15) is 0 Å². The molecule has 0 radical (unpaired) electrons. The summed E-state index contributed by atoms with van der Waals surface area (Å²) in [7, 11) is 2.22. The van der Waals surface area contributed by atoms with Crippen molar-refractivity contribution in [1.82, 2.24) is 4.40 Å². The summed E-state index contributed by atoms with van der Waals surface area (Å²) < 4.78 is 4.96. The van der Waals surface area contributed by atoms with Crippen LogP contribution in [0, 0.1) is 19.3 Å². The van der Waals surface area contributed by atoms with Crippen molar-refractivity contribution in [2.45, 2.75) is 59.3 Å². The molecule has 0 aliphatic heterocycles. The van der Waals surface area contributed by atoms with Crippen LogP contribution in [0.15, 0.2) is 79.0 Å². The molecule has 0 unspecified atom stereocenters. The van der Waals surface area contributed by atoms with Gasteiger partial charge in [0.1, 0.15) is 7.05 Å². The van der Waals surface area contributed by atoms with Crippen molar-refractivity contribution in [2.24, 2.45) is 12.5 Å². The summed E-state index contributed by atoms with van der Waals surface area (Å²) in [5.74, 6) is 0.634. The van der Waals surface area contributed by atoms with E-state index in [2.05, 4.69) is 123 Å². The molecule has 0 saturated heterocycles. The number of pyridine rings is 2. The van der Waals surface area contributed by atoms with Crippen LogP contribution < -0.4 is 4.57 Å². The van der Waals surface area contributed by atoms with Crippen molar-refractivity contribution < 1.29 is 4.57 Å². The molecule has 7 aromatic rings. The Hall–Kier alpha value is -3.91. The molecular formula is C38H37N2+. The van der Waals surface area contributed by atoms with Gasteiger partial charge in [-0.3, -0.25) is 0 Å². The highest BCUT2D eigenvalue weighted by atomic mass is 15.0. The number of fused-ring (bicyclic) bond motifs is 5. The zero-order valence-corrected chi connectivity index (χ0v) is 24.3. The Morgan fingerprint density at radius 3 is 2.33 bits per heavy atom. The van der Waals surface area contributed by atoms with E-state index >= 15 is 0 Å². The molecule has 0 atom stereocenters. The molecule has 8 rings (SSSR count). The molecule has 40 heavy (non-hydrogen) atoms. The van der Waals surface area contributed by atoms with Crippen LogP contribution in [0.25, 0.3) is 60.1 Å². The molecule has 0 bridgehead atoms. The number of benzene rings is 4. The van der Waals surface area contributed by atoms with Gasteiger partial charge in [-0.1, -0.05) is 56.3 Å². The summed E-state index contributed by atoms with van der Waals surface area (Å²) in [6.07, 6.45) is 7.44. The Morgan fingerprint density at radius 1 is 0.775 bits per heavy atom. The summed E-state index contributed by atoms with van der Waals surface area (Å²) in [6.45, 7) is 9.46. The van der Waals surface area contributed by atoms with E-state index in [-0.39, 0.29) is 0 Å². The number of nitrogens with zero attached hydrogens (tertiary/aromatic N) is 2. The SMILES string of the molecule is Cc1cc2c3cc(-c4ccccc4)ccc3n3c4cc(C5CCC(C)(C)CC5)cc5cc[n+](C)c(c(c1C)c23)c54. The standard InChI is InChI=1S/C38H37N2/c1-23-19-31-30-21-27(25-9-7-6-8-10-25)11-12-32(30)40-33-22-29(26-13-16-38(3,4)17-14-26)20-28-15-18-39(5)37(35(28)33)34(24(23)2)36(31)40/h6-12,15,18-22,26H,13-14,16-17H2,1-5H3/q+1. The zero-order chi connectivity index (χ0) is 27.3. The second-order valence-corrected chi connectivity index (χ2v) is 13.2. The highest BCUT2D eigenvalue weighted by Gasteiger charge is 2.30. The van der Waals surface area contributed by atoms with E-state index in [9.17, 15) is 0 Å². The largest absolute Gasteiger partial charge is 0.307 e. The van der Waals surface area contributed by atoms with E-state index in [0.29, 0.717) is 11.3 Å². The molecule has 0 N–H and O–H groups in total. The normalized spacial score (nSPS) is 16.3. The molecule has 198 valence electrons. The summed E-state index contributed by atoms with van der Waals surface area (Å²) in [5, 5.41) is 6.85. The highest BCUT2D eigenvalue weighted by molar-refractivity contribution is 6.26. The predicted molar refractivity (Wildman–Crippen MR) is 170 cm³/mol. The molecule has 1 aliphatic rings. The summed E-state index contributed by atoms with van der Waals surface area (Å²) in [5.41, 5.74) is 12.6. The van der Waals surface area contributed by atoms with Gasteiger partial charge < -0.3 is 4.40 Å². The molecule has 3 aromatic heterocycles. The molecule has 0 spiro atoms. The van der Waals surface area contributed by atoms with Crippen molar-refractivity contribution in [2.75, 3.05) is 0 Å². The smallest absolute Gasteiger partial charge is 0.224 e. The number of hydrogen-bond donors (Lipinski definition) is 0. The average molecular weight is 522 g/mol. The van der Waals surface area contributed by atoms with E-state index in [1.54, 1.807) is 0 Å². The fourth-order valence-corrected chi connectivity index (χ4v) is 7.71. The van der Waals surface area contributed by atoms with Gasteiger partial charge in [-0.05, 0) is 108 Å². The van der Waals surface area contributed by atoms with Gasteiger partial charge in [0.25, 0.3) is 0 Å². The predicted octanol–water partition coefficient (Wildman–Crippen LogP) is 9.78. The first-order chi connectivity index (χ1) is 19.3. The lowest BCUT2D eigenvalue weighted by Gasteiger charge is -2.34. The maximum absolute atomic E-state index is 2.60. The molecule has 1 fully saturated rings. The van der Waals surface area contributed by atoms with Crippen molar-refractivity contribution in [3.05, 3.63) is 95.7 Å². The Bertz CT molecular complexity index is 2100. The van der Waals surface area contributed by atoms with Gasteiger partial charge in [-0.25, -0.2) is 4.57 Å². The van der Waals surface area contributed by atoms with Crippen LogP contribution in [-0.4, -0.2) is 4.40 Å². The van der Waals surface area contributed by atoms with Crippen molar-refractivity contribution in [3.63, 3.8) is 0 Å². The van der Waals surface area contributed by atoms with Gasteiger partial charge in [0.2, 0.25) is 5.52 Å². The Morgan fingerprint density at radius 2 is 1.55 bits per heavy atom. The van der Waals surface area contributed by atoms with Crippen LogP contribution in [0.1, 0.15) is 62.1 Å². The minimum atomic E-state index is 0.468. The molecule has 1 saturated carbocycles. The fourth-order valence-electron chi connectivity index (χ4n) is 7.71. The summed E-state index contributed by atoms with van der Waals surface area (Å²) >= 11 is 0. The van der Waals surface area contributed by atoms with Crippen LogP contribution in [0.5, 0.6) is 0 Å². The number of aromatic nitrogens is 2. The van der Waals surface area contributed by atoms with Crippen LogP contribution in [0.4, 0.5) is 0 Å². The average Bonchev–Trinajstić information content (AvgIpc) is 3.28. The quantitative estimate of drug-likeness (QED) is 0.122. The van der Waals surface area contributed by atoms with Crippen molar-refractivity contribution in [1.29, 1.82) is 0 Å². The molecule has 0 amide bonds. The third kappa shape index (κ3) is 3.32. The minimum absolute atomic E-state index is 0.468. The first kappa shape index (κ1) is 23.9. The lowest BCUT2D eigenvalue weighted by atomic mass is 9.71. The molecule has 1 aliphatic carbocycles.